The minimum Gasteiger partial charge on any atom is -0.378 e. The van der Waals surface area contributed by atoms with Crippen molar-refractivity contribution in [3.8, 4) is 0 Å². The molecule has 15 heavy (non-hydrogen) atoms. The van der Waals surface area contributed by atoms with Gasteiger partial charge in [-0.05, 0) is 37.6 Å². The van der Waals surface area contributed by atoms with E-state index >= 15 is 0 Å². The lowest BCUT2D eigenvalue weighted by Gasteiger charge is -2.50. The maximum Gasteiger partial charge on any atom is 0.0645 e. The largest absolute Gasteiger partial charge is 0.378 e. The van der Waals surface area contributed by atoms with E-state index in [-0.39, 0.29) is 0 Å². The van der Waals surface area contributed by atoms with E-state index in [0.29, 0.717) is 11.5 Å². The first kappa shape index (κ1) is 11.4. The number of piperidine rings is 1. The number of hydrogen-bond acceptors (Lipinski definition) is 2. The van der Waals surface area contributed by atoms with E-state index in [1.807, 2.05) is 0 Å². The van der Waals surface area contributed by atoms with E-state index in [0.717, 1.165) is 25.2 Å². The highest BCUT2D eigenvalue weighted by molar-refractivity contribution is 4.92. The predicted octanol–water partition coefficient (Wildman–Crippen LogP) is 2.53. The number of nitrogens with zero attached hydrogens (tertiary/aromatic N) is 1. The van der Waals surface area contributed by atoms with Crippen molar-refractivity contribution >= 4 is 0 Å². The fourth-order valence-corrected chi connectivity index (χ4v) is 3.26. The van der Waals surface area contributed by atoms with Gasteiger partial charge in [0.2, 0.25) is 0 Å². The van der Waals surface area contributed by atoms with E-state index in [2.05, 4.69) is 32.6 Å². The molecule has 0 aromatic rings. The zero-order valence-corrected chi connectivity index (χ0v) is 10.6. The average Bonchev–Trinajstić information content (AvgIpc) is 2.03. The van der Waals surface area contributed by atoms with Gasteiger partial charge in [0.05, 0.1) is 19.3 Å². The molecule has 2 fully saturated rings. The van der Waals surface area contributed by atoms with Crippen molar-refractivity contribution in [1.82, 2.24) is 4.90 Å². The Morgan fingerprint density at radius 3 is 2.33 bits per heavy atom. The van der Waals surface area contributed by atoms with Gasteiger partial charge in [-0.15, -0.1) is 0 Å². The van der Waals surface area contributed by atoms with Gasteiger partial charge in [-0.25, -0.2) is 0 Å². The SMILES string of the molecule is CC1C(C(C)(C)C)CCCN1C1COC1. The Morgan fingerprint density at radius 2 is 1.87 bits per heavy atom. The fourth-order valence-electron chi connectivity index (χ4n) is 3.26. The van der Waals surface area contributed by atoms with Gasteiger partial charge >= 0.3 is 0 Å². The van der Waals surface area contributed by atoms with Crippen LogP contribution in [0.3, 0.4) is 0 Å². The van der Waals surface area contributed by atoms with Crippen molar-refractivity contribution in [3.05, 3.63) is 0 Å². The lowest BCUT2D eigenvalue weighted by Crippen LogP contribution is -2.58. The molecule has 2 aliphatic rings. The predicted molar refractivity (Wildman–Crippen MR) is 63.0 cm³/mol. The van der Waals surface area contributed by atoms with E-state index in [4.69, 9.17) is 4.74 Å². The molecule has 0 radical (unpaired) electrons. The molecular formula is C13H25NO. The van der Waals surface area contributed by atoms with Crippen molar-refractivity contribution in [2.45, 2.75) is 52.6 Å². The molecular weight excluding hydrogens is 186 g/mol. The number of hydrogen-bond donors (Lipinski definition) is 0. The molecule has 0 aliphatic carbocycles. The Labute approximate surface area is 94.0 Å². The molecule has 0 bridgehead atoms. The quantitative estimate of drug-likeness (QED) is 0.661. The second-order valence-corrected chi connectivity index (χ2v) is 6.28. The lowest BCUT2D eigenvalue weighted by molar-refractivity contribution is -0.104. The molecule has 2 rings (SSSR count). The third kappa shape index (κ3) is 2.21. The highest BCUT2D eigenvalue weighted by atomic mass is 16.5. The summed E-state index contributed by atoms with van der Waals surface area (Å²) in [6, 6.07) is 1.44. The molecule has 2 nitrogen and oxygen atoms in total. The van der Waals surface area contributed by atoms with Crippen LogP contribution in [0.1, 0.15) is 40.5 Å². The average molecular weight is 211 g/mol. The lowest BCUT2D eigenvalue weighted by atomic mass is 9.71. The molecule has 0 amide bonds. The Kier molecular flexibility index (Phi) is 3.09. The van der Waals surface area contributed by atoms with Crippen LogP contribution in [0.2, 0.25) is 0 Å². The zero-order valence-electron chi connectivity index (χ0n) is 10.6. The van der Waals surface area contributed by atoms with Crippen LogP contribution in [-0.2, 0) is 4.74 Å². The number of ether oxygens (including phenoxy) is 1. The Morgan fingerprint density at radius 1 is 1.20 bits per heavy atom. The van der Waals surface area contributed by atoms with Crippen molar-refractivity contribution in [3.63, 3.8) is 0 Å². The minimum absolute atomic E-state index is 0.447. The molecule has 0 N–H and O–H groups in total. The fraction of sp³-hybridized carbons (Fsp3) is 1.00. The second kappa shape index (κ2) is 4.06. The summed E-state index contributed by atoms with van der Waals surface area (Å²) in [6.45, 7) is 12.8. The molecule has 2 heteroatoms. The van der Waals surface area contributed by atoms with Gasteiger partial charge < -0.3 is 4.74 Å². The van der Waals surface area contributed by atoms with Crippen LogP contribution in [0, 0.1) is 11.3 Å². The van der Waals surface area contributed by atoms with Crippen LogP contribution in [0.4, 0.5) is 0 Å². The van der Waals surface area contributed by atoms with Gasteiger partial charge in [0, 0.05) is 6.04 Å². The molecule has 88 valence electrons. The van der Waals surface area contributed by atoms with E-state index < -0.39 is 0 Å². The maximum absolute atomic E-state index is 5.32. The van der Waals surface area contributed by atoms with Crippen molar-refractivity contribution < 1.29 is 4.74 Å². The van der Waals surface area contributed by atoms with E-state index in [1.54, 1.807) is 0 Å². The third-order valence-corrected chi connectivity index (χ3v) is 4.24. The smallest absolute Gasteiger partial charge is 0.0645 e. The van der Waals surface area contributed by atoms with Crippen LogP contribution in [-0.4, -0.2) is 36.7 Å². The summed E-state index contributed by atoms with van der Waals surface area (Å²) < 4.78 is 5.32. The van der Waals surface area contributed by atoms with Gasteiger partial charge in [-0.2, -0.15) is 0 Å². The van der Waals surface area contributed by atoms with Crippen LogP contribution in [0.5, 0.6) is 0 Å². The third-order valence-electron chi connectivity index (χ3n) is 4.24. The summed E-state index contributed by atoms with van der Waals surface area (Å²) >= 11 is 0. The summed E-state index contributed by atoms with van der Waals surface area (Å²) in [5.41, 5.74) is 0.447. The molecule has 0 aromatic carbocycles. The summed E-state index contributed by atoms with van der Waals surface area (Å²) in [5, 5.41) is 0. The Bertz CT molecular complexity index is 217. The van der Waals surface area contributed by atoms with Crippen LogP contribution in [0.15, 0.2) is 0 Å². The first-order chi connectivity index (χ1) is 7.00. The van der Waals surface area contributed by atoms with E-state index in [9.17, 15) is 0 Å². The maximum atomic E-state index is 5.32. The molecule has 2 atom stereocenters. The Hall–Kier alpha value is -0.0800. The standard InChI is InChI=1S/C13H25NO/c1-10-12(13(2,3)4)6-5-7-14(10)11-8-15-9-11/h10-12H,5-9H2,1-4H3. The zero-order chi connectivity index (χ0) is 11.1. The number of rotatable bonds is 1. The van der Waals surface area contributed by atoms with Gasteiger partial charge in [-0.1, -0.05) is 20.8 Å². The van der Waals surface area contributed by atoms with Gasteiger partial charge in [0.15, 0.2) is 0 Å². The normalized spacial score (nSPS) is 35.2. The highest BCUT2D eigenvalue weighted by Crippen LogP contribution is 2.38. The molecule has 2 saturated heterocycles. The molecule has 0 aromatic heterocycles. The molecule has 0 saturated carbocycles. The molecule has 2 aliphatic heterocycles. The van der Waals surface area contributed by atoms with Gasteiger partial charge in [0.25, 0.3) is 0 Å². The van der Waals surface area contributed by atoms with Crippen LogP contribution < -0.4 is 0 Å². The summed E-state index contributed by atoms with van der Waals surface area (Å²) in [6.07, 6.45) is 2.76. The summed E-state index contributed by atoms with van der Waals surface area (Å²) in [5.74, 6) is 0.840. The van der Waals surface area contributed by atoms with Crippen molar-refractivity contribution in [2.75, 3.05) is 19.8 Å². The van der Waals surface area contributed by atoms with Crippen molar-refractivity contribution in [1.29, 1.82) is 0 Å². The summed E-state index contributed by atoms with van der Waals surface area (Å²) in [4.78, 5) is 2.68. The van der Waals surface area contributed by atoms with E-state index in [1.165, 1.54) is 19.4 Å². The monoisotopic (exact) mass is 211 g/mol. The molecule has 0 spiro atoms. The first-order valence-corrected chi connectivity index (χ1v) is 6.33. The summed E-state index contributed by atoms with van der Waals surface area (Å²) in [7, 11) is 0. The second-order valence-electron chi connectivity index (χ2n) is 6.28. The molecule has 2 unspecified atom stereocenters. The highest BCUT2D eigenvalue weighted by Gasteiger charge is 2.39. The van der Waals surface area contributed by atoms with Gasteiger partial charge in [0.1, 0.15) is 0 Å². The first-order valence-electron chi connectivity index (χ1n) is 6.33. The molecule has 2 heterocycles. The van der Waals surface area contributed by atoms with Crippen LogP contribution >= 0.6 is 0 Å². The minimum atomic E-state index is 0.447. The van der Waals surface area contributed by atoms with Gasteiger partial charge in [-0.3, -0.25) is 4.90 Å². The van der Waals surface area contributed by atoms with Crippen molar-refractivity contribution in [2.24, 2.45) is 11.3 Å². The number of likely N-dealkylation sites (tertiary alicyclic amines) is 1. The Balaban J connectivity index is 2.02. The topological polar surface area (TPSA) is 12.5 Å². The van der Waals surface area contributed by atoms with Crippen LogP contribution in [0.25, 0.3) is 0 Å².